The summed E-state index contributed by atoms with van der Waals surface area (Å²) in [6.07, 6.45) is 4.15. The number of hydrogen-bond acceptors (Lipinski definition) is 7. The zero-order valence-corrected chi connectivity index (χ0v) is 18.6. The first-order chi connectivity index (χ1) is 13.4. The lowest BCUT2D eigenvalue weighted by molar-refractivity contribution is 0.00578. The number of aromatic nitrogens is 2. The summed E-state index contributed by atoms with van der Waals surface area (Å²) in [5, 5.41) is 3.26. The van der Waals surface area contributed by atoms with Crippen LogP contribution in [0.5, 0.6) is 0 Å². The van der Waals surface area contributed by atoms with Crippen LogP contribution in [-0.2, 0) is 14.0 Å². The SMILES string of the molecule is CC(C)(C)OC(=O)N1CCC(CNc2ncc(B3OC(C)(C)C(C)(C)O3)cn2)C1. The van der Waals surface area contributed by atoms with E-state index in [9.17, 15) is 4.79 Å². The minimum absolute atomic E-state index is 0.247. The lowest BCUT2D eigenvalue weighted by Crippen LogP contribution is -2.41. The Morgan fingerprint density at radius 3 is 2.38 bits per heavy atom. The van der Waals surface area contributed by atoms with E-state index >= 15 is 0 Å². The van der Waals surface area contributed by atoms with Crippen molar-refractivity contribution in [2.45, 2.75) is 71.7 Å². The largest absolute Gasteiger partial charge is 0.498 e. The molecule has 2 fully saturated rings. The van der Waals surface area contributed by atoms with E-state index in [-0.39, 0.29) is 6.09 Å². The molecule has 2 aliphatic heterocycles. The molecule has 9 heteroatoms. The molecule has 1 amide bonds. The molecule has 0 saturated carbocycles. The number of carbonyl (C=O) groups excluding carboxylic acids is 1. The Hall–Kier alpha value is -1.87. The van der Waals surface area contributed by atoms with Crippen molar-refractivity contribution in [1.29, 1.82) is 0 Å². The van der Waals surface area contributed by atoms with Gasteiger partial charge in [-0.2, -0.15) is 0 Å². The molecule has 0 radical (unpaired) electrons. The van der Waals surface area contributed by atoms with Crippen LogP contribution in [0.25, 0.3) is 0 Å². The van der Waals surface area contributed by atoms with Gasteiger partial charge in [0.2, 0.25) is 5.95 Å². The smallest absolute Gasteiger partial charge is 0.444 e. The number of carbonyl (C=O) groups is 1. The number of likely N-dealkylation sites (tertiary alicyclic amines) is 1. The summed E-state index contributed by atoms with van der Waals surface area (Å²) < 4.78 is 17.5. The molecule has 3 heterocycles. The summed E-state index contributed by atoms with van der Waals surface area (Å²) >= 11 is 0. The Kier molecular flexibility index (Phi) is 5.84. The van der Waals surface area contributed by atoms with E-state index in [2.05, 4.69) is 15.3 Å². The summed E-state index contributed by atoms with van der Waals surface area (Å²) in [5.41, 5.74) is -0.458. The first-order valence-corrected chi connectivity index (χ1v) is 10.3. The van der Waals surface area contributed by atoms with Crippen molar-refractivity contribution in [3.05, 3.63) is 12.4 Å². The predicted molar refractivity (Wildman–Crippen MR) is 112 cm³/mol. The second-order valence-electron chi connectivity index (χ2n) is 9.89. The fourth-order valence-electron chi connectivity index (χ4n) is 3.26. The molecule has 8 nitrogen and oxygen atoms in total. The quantitative estimate of drug-likeness (QED) is 0.772. The Bertz CT molecular complexity index is 717. The van der Waals surface area contributed by atoms with Gasteiger partial charge in [0.25, 0.3) is 0 Å². The molecule has 0 bridgehead atoms. The van der Waals surface area contributed by atoms with Gasteiger partial charge in [-0.05, 0) is 60.8 Å². The van der Waals surface area contributed by atoms with E-state index in [0.29, 0.717) is 31.5 Å². The Morgan fingerprint density at radius 1 is 1.24 bits per heavy atom. The van der Waals surface area contributed by atoms with Gasteiger partial charge in [-0.15, -0.1) is 0 Å². The van der Waals surface area contributed by atoms with Crippen molar-refractivity contribution in [1.82, 2.24) is 14.9 Å². The van der Waals surface area contributed by atoms with E-state index in [1.54, 1.807) is 17.3 Å². The van der Waals surface area contributed by atoms with Crippen LogP contribution in [0.3, 0.4) is 0 Å². The number of ether oxygens (including phenoxy) is 1. The number of anilines is 1. The number of hydrogen-bond donors (Lipinski definition) is 1. The molecule has 29 heavy (non-hydrogen) atoms. The monoisotopic (exact) mass is 404 g/mol. The van der Waals surface area contributed by atoms with Gasteiger partial charge in [0.1, 0.15) is 5.60 Å². The molecule has 160 valence electrons. The third-order valence-corrected chi connectivity index (χ3v) is 5.68. The lowest BCUT2D eigenvalue weighted by Gasteiger charge is -2.32. The summed E-state index contributed by atoms with van der Waals surface area (Å²) in [6.45, 7) is 15.8. The molecule has 0 aromatic carbocycles. The van der Waals surface area contributed by atoms with Crippen LogP contribution >= 0.6 is 0 Å². The first-order valence-electron chi connectivity index (χ1n) is 10.3. The van der Waals surface area contributed by atoms with Crippen LogP contribution in [0.15, 0.2) is 12.4 Å². The van der Waals surface area contributed by atoms with Gasteiger partial charge in [0.05, 0.1) is 11.2 Å². The maximum atomic E-state index is 12.2. The second kappa shape index (κ2) is 7.76. The van der Waals surface area contributed by atoms with E-state index in [0.717, 1.165) is 11.9 Å². The van der Waals surface area contributed by atoms with Crippen LogP contribution in [0.1, 0.15) is 54.9 Å². The average molecular weight is 404 g/mol. The molecule has 0 spiro atoms. The molecule has 1 N–H and O–H groups in total. The number of rotatable bonds is 4. The van der Waals surface area contributed by atoms with Crippen LogP contribution in [0, 0.1) is 5.92 Å². The number of amides is 1. The molecule has 1 aromatic rings. The van der Waals surface area contributed by atoms with Crippen LogP contribution in [0.4, 0.5) is 10.7 Å². The number of nitrogens with zero attached hydrogens (tertiary/aromatic N) is 3. The zero-order valence-electron chi connectivity index (χ0n) is 18.6. The highest BCUT2D eigenvalue weighted by Gasteiger charge is 2.52. The van der Waals surface area contributed by atoms with Crippen molar-refractivity contribution in [2.75, 3.05) is 25.0 Å². The van der Waals surface area contributed by atoms with Crippen molar-refractivity contribution in [3.8, 4) is 0 Å². The molecule has 2 aliphatic rings. The minimum Gasteiger partial charge on any atom is -0.444 e. The Labute approximate surface area is 173 Å². The first kappa shape index (κ1) is 21.8. The van der Waals surface area contributed by atoms with Gasteiger partial charge < -0.3 is 24.3 Å². The van der Waals surface area contributed by atoms with Crippen molar-refractivity contribution < 1.29 is 18.8 Å². The van der Waals surface area contributed by atoms with E-state index in [4.69, 9.17) is 14.0 Å². The lowest BCUT2D eigenvalue weighted by atomic mass is 9.81. The van der Waals surface area contributed by atoms with E-state index in [1.165, 1.54) is 0 Å². The fraction of sp³-hybridized carbons (Fsp3) is 0.750. The third kappa shape index (κ3) is 5.19. The predicted octanol–water partition coefficient (Wildman–Crippen LogP) is 2.44. The van der Waals surface area contributed by atoms with Crippen molar-refractivity contribution in [2.24, 2.45) is 5.92 Å². The summed E-state index contributed by atoms with van der Waals surface area (Å²) in [7, 11) is -0.466. The summed E-state index contributed by atoms with van der Waals surface area (Å²) in [5.74, 6) is 0.898. The minimum atomic E-state index is -0.472. The highest BCUT2D eigenvalue weighted by Crippen LogP contribution is 2.36. The molecule has 0 aliphatic carbocycles. The zero-order chi connectivity index (χ0) is 21.4. The van der Waals surface area contributed by atoms with Gasteiger partial charge in [-0.3, -0.25) is 0 Å². The van der Waals surface area contributed by atoms with Gasteiger partial charge in [-0.25, -0.2) is 14.8 Å². The molecule has 1 atom stereocenters. The maximum absolute atomic E-state index is 12.2. The topological polar surface area (TPSA) is 85.8 Å². The van der Waals surface area contributed by atoms with Crippen LogP contribution < -0.4 is 10.8 Å². The average Bonchev–Trinajstić information content (AvgIpc) is 3.14. The van der Waals surface area contributed by atoms with Crippen LogP contribution in [0.2, 0.25) is 0 Å². The van der Waals surface area contributed by atoms with E-state index in [1.807, 2.05) is 48.5 Å². The fourth-order valence-corrected chi connectivity index (χ4v) is 3.26. The summed E-state index contributed by atoms with van der Waals surface area (Å²) in [4.78, 5) is 22.7. The maximum Gasteiger partial charge on any atom is 0.498 e. The second-order valence-corrected chi connectivity index (χ2v) is 9.89. The van der Waals surface area contributed by atoms with Crippen LogP contribution in [-0.4, -0.2) is 64.5 Å². The standard InChI is InChI=1S/C20H33BN4O4/c1-18(2,3)27-17(26)25-9-8-14(13-25)10-22-16-23-11-15(12-24-16)21-28-19(4,5)20(6,7)29-21/h11-12,14H,8-10,13H2,1-7H3,(H,22,23,24). The highest BCUT2D eigenvalue weighted by atomic mass is 16.7. The molecule has 1 aromatic heterocycles. The van der Waals surface area contributed by atoms with E-state index < -0.39 is 23.9 Å². The molecular weight excluding hydrogens is 371 g/mol. The third-order valence-electron chi connectivity index (χ3n) is 5.68. The molecule has 3 rings (SSSR count). The van der Waals surface area contributed by atoms with Gasteiger partial charge in [-0.1, -0.05) is 0 Å². The highest BCUT2D eigenvalue weighted by molar-refractivity contribution is 6.61. The Morgan fingerprint density at radius 2 is 1.83 bits per heavy atom. The molecule has 1 unspecified atom stereocenters. The molecular formula is C20H33BN4O4. The Balaban J connectivity index is 1.49. The van der Waals surface area contributed by atoms with Gasteiger partial charge in [0.15, 0.2) is 0 Å². The molecule has 2 saturated heterocycles. The van der Waals surface area contributed by atoms with Crippen molar-refractivity contribution >= 4 is 24.6 Å². The number of nitrogens with one attached hydrogen (secondary N) is 1. The van der Waals surface area contributed by atoms with Crippen molar-refractivity contribution in [3.63, 3.8) is 0 Å². The van der Waals surface area contributed by atoms with Gasteiger partial charge in [0, 0.05) is 37.5 Å². The summed E-state index contributed by atoms with van der Waals surface area (Å²) in [6, 6.07) is 0. The van der Waals surface area contributed by atoms with Gasteiger partial charge >= 0.3 is 13.2 Å². The normalized spacial score (nSPS) is 23.3.